The lowest BCUT2D eigenvalue weighted by Gasteiger charge is -2.00. The zero-order valence-corrected chi connectivity index (χ0v) is 9.69. The molecule has 1 rings (SSSR count). The van der Waals surface area contributed by atoms with Gasteiger partial charge in [0, 0.05) is 5.69 Å². The van der Waals surface area contributed by atoms with Crippen LogP contribution in [0.4, 0.5) is 5.69 Å². The van der Waals surface area contributed by atoms with Gasteiger partial charge in [0.2, 0.25) is 0 Å². The minimum absolute atomic E-state index is 0.209. The van der Waals surface area contributed by atoms with E-state index in [0.29, 0.717) is 13.0 Å². The molecule has 0 aliphatic heterocycles. The molecule has 0 heterocycles. The molecule has 1 aromatic rings. The Bertz CT molecular complexity index is 377. The highest BCUT2D eigenvalue weighted by Crippen LogP contribution is 2.12. The van der Waals surface area contributed by atoms with Crippen molar-refractivity contribution in [2.75, 3.05) is 12.3 Å². The Morgan fingerprint density at radius 3 is 2.81 bits per heavy atom. The molecule has 0 aliphatic rings. The minimum atomic E-state index is -0.209. The van der Waals surface area contributed by atoms with Crippen LogP contribution in [0.2, 0.25) is 0 Å². The molecular formula is C13H17NO2. The lowest BCUT2D eigenvalue weighted by molar-refractivity contribution is -0.142. The number of carbonyl (C=O) groups excluding carboxylic acids is 1. The molecule has 0 aromatic heterocycles. The van der Waals surface area contributed by atoms with Crippen LogP contribution in [-0.2, 0) is 9.53 Å². The predicted octanol–water partition coefficient (Wildman–Crippen LogP) is 2.54. The monoisotopic (exact) mass is 219 g/mol. The molecule has 2 N–H and O–H groups in total. The molecular weight excluding hydrogens is 202 g/mol. The molecule has 0 fully saturated rings. The van der Waals surface area contributed by atoms with Crippen LogP contribution in [-0.4, -0.2) is 12.6 Å². The van der Waals surface area contributed by atoms with Crippen molar-refractivity contribution in [3.05, 3.63) is 35.4 Å². The van der Waals surface area contributed by atoms with Crippen LogP contribution >= 0.6 is 0 Å². The van der Waals surface area contributed by atoms with Crippen LogP contribution in [0, 0.1) is 6.92 Å². The maximum absolute atomic E-state index is 11.1. The summed E-state index contributed by atoms with van der Waals surface area (Å²) in [6.45, 7) is 4.20. The average Bonchev–Trinajstić information content (AvgIpc) is 2.16. The third-order valence-corrected chi connectivity index (χ3v) is 2.02. The standard InChI is InChI=1S/C13H17NO2/c1-3-16-13(15)6-4-5-11-7-10(2)8-12(14)9-11/h4-5,7-9H,3,6,14H2,1-2H3. The highest BCUT2D eigenvalue weighted by Gasteiger charge is 1.97. The van der Waals surface area contributed by atoms with E-state index in [1.807, 2.05) is 31.2 Å². The first-order valence-electron chi connectivity index (χ1n) is 5.31. The number of benzene rings is 1. The van der Waals surface area contributed by atoms with Crippen molar-refractivity contribution in [3.63, 3.8) is 0 Å². The SMILES string of the molecule is CCOC(=O)CC=Cc1cc(C)cc(N)c1. The Balaban J connectivity index is 2.59. The molecule has 0 unspecified atom stereocenters. The summed E-state index contributed by atoms with van der Waals surface area (Å²) in [5.74, 6) is -0.209. The van der Waals surface area contributed by atoms with E-state index in [1.54, 1.807) is 13.0 Å². The molecule has 3 nitrogen and oxygen atoms in total. The summed E-state index contributed by atoms with van der Waals surface area (Å²) in [6.07, 6.45) is 3.95. The highest BCUT2D eigenvalue weighted by atomic mass is 16.5. The molecule has 0 bridgehead atoms. The summed E-state index contributed by atoms with van der Waals surface area (Å²) < 4.78 is 4.81. The highest BCUT2D eigenvalue weighted by molar-refractivity contribution is 5.72. The maximum Gasteiger partial charge on any atom is 0.309 e. The average molecular weight is 219 g/mol. The van der Waals surface area contributed by atoms with Crippen molar-refractivity contribution < 1.29 is 9.53 Å². The molecule has 0 saturated heterocycles. The van der Waals surface area contributed by atoms with E-state index >= 15 is 0 Å². The summed E-state index contributed by atoms with van der Waals surface area (Å²) in [5, 5.41) is 0. The molecule has 0 amide bonds. The second-order valence-electron chi connectivity index (χ2n) is 3.59. The third-order valence-electron chi connectivity index (χ3n) is 2.02. The Labute approximate surface area is 95.9 Å². The van der Waals surface area contributed by atoms with Gasteiger partial charge in [-0.2, -0.15) is 0 Å². The number of nitrogens with two attached hydrogens (primary N) is 1. The van der Waals surface area contributed by atoms with Gasteiger partial charge < -0.3 is 10.5 Å². The van der Waals surface area contributed by atoms with Crippen LogP contribution < -0.4 is 5.73 Å². The van der Waals surface area contributed by atoms with Gasteiger partial charge in [-0.15, -0.1) is 0 Å². The van der Waals surface area contributed by atoms with Gasteiger partial charge in [-0.25, -0.2) is 0 Å². The minimum Gasteiger partial charge on any atom is -0.466 e. The van der Waals surface area contributed by atoms with Gasteiger partial charge in [-0.05, 0) is 37.1 Å². The van der Waals surface area contributed by atoms with E-state index in [4.69, 9.17) is 10.5 Å². The summed E-state index contributed by atoms with van der Waals surface area (Å²) in [7, 11) is 0. The summed E-state index contributed by atoms with van der Waals surface area (Å²) >= 11 is 0. The Morgan fingerprint density at radius 1 is 1.44 bits per heavy atom. The number of rotatable bonds is 4. The van der Waals surface area contributed by atoms with Crippen molar-refractivity contribution in [2.45, 2.75) is 20.3 Å². The van der Waals surface area contributed by atoms with Gasteiger partial charge >= 0.3 is 5.97 Å². The molecule has 0 aliphatic carbocycles. The van der Waals surface area contributed by atoms with Crippen LogP contribution in [0.3, 0.4) is 0 Å². The summed E-state index contributed by atoms with van der Waals surface area (Å²) in [6, 6.07) is 5.79. The molecule has 3 heteroatoms. The Morgan fingerprint density at radius 2 is 2.19 bits per heavy atom. The lowest BCUT2D eigenvalue weighted by Crippen LogP contribution is -2.01. The van der Waals surface area contributed by atoms with Gasteiger partial charge in [-0.1, -0.05) is 18.2 Å². The van der Waals surface area contributed by atoms with Gasteiger partial charge in [0.25, 0.3) is 0 Å². The number of ether oxygens (including phenoxy) is 1. The number of hydrogen-bond donors (Lipinski definition) is 1. The molecule has 0 saturated carbocycles. The Kier molecular flexibility index (Phi) is 4.58. The van der Waals surface area contributed by atoms with E-state index in [0.717, 1.165) is 16.8 Å². The zero-order chi connectivity index (χ0) is 12.0. The van der Waals surface area contributed by atoms with Gasteiger partial charge in [0.05, 0.1) is 13.0 Å². The number of hydrogen-bond acceptors (Lipinski definition) is 3. The van der Waals surface area contributed by atoms with Crippen molar-refractivity contribution >= 4 is 17.7 Å². The first kappa shape index (κ1) is 12.3. The molecule has 0 spiro atoms. The molecule has 86 valence electrons. The predicted molar refractivity (Wildman–Crippen MR) is 65.9 cm³/mol. The van der Waals surface area contributed by atoms with Gasteiger partial charge in [0.1, 0.15) is 0 Å². The van der Waals surface area contributed by atoms with Crippen LogP contribution in [0.1, 0.15) is 24.5 Å². The van der Waals surface area contributed by atoms with E-state index in [-0.39, 0.29) is 5.97 Å². The smallest absolute Gasteiger partial charge is 0.309 e. The lowest BCUT2D eigenvalue weighted by atomic mass is 10.1. The van der Waals surface area contributed by atoms with Gasteiger partial charge in [0.15, 0.2) is 0 Å². The largest absolute Gasteiger partial charge is 0.466 e. The zero-order valence-electron chi connectivity index (χ0n) is 9.69. The van der Waals surface area contributed by atoms with E-state index in [1.165, 1.54) is 0 Å². The van der Waals surface area contributed by atoms with Gasteiger partial charge in [-0.3, -0.25) is 4.79 Å². The molecule has 1 aromatic carbocycles. The molecule has 0 atom stereocenters. The molecule has 16 heavy (non-hydrogen) atoms. The van der Waals surface area contributed by atoms with E-state index in [2.05, 4.69) is 0 Å². The normalized spacial score (nSPS) is 10.6. The van der Waals surface area contributed by atoms with Crippen molar-refractivity contribution in [1.82, 2.24) is 0 Å². The van der Waals surface area contributed by atoms with E-state index < -0.39 is 0 Å². The second-order valence-corrected chi connectivity index (χ2v) is 3.59. The van der Waals surface area contributed by atoms with Crippen molar-refractivity contribution in [3.8, 4) is 0 Å². The maximum atomic E-state index is 11.1. The number of nitrogen functional groups attached to an aromatic ring is 1. The first-order chi connectivity index (χ1) is 7.61. The fourth-order valence-electron chi connectivity index (χ4n) is 1.45. The third kappa shape index (κ3) is 4.17. The second kappa shape index (κ2) is 5.95. The van der Waals surface area contributed by atoms with Crippen LogP contribution in [0.15, 0.2) is 24.3 Å². The quantitative estimate of drug-likeness (QED) is 0.625. The number of anilines is 1. The van der Waals surface area contributed by atoms with Crippen molar-refractivity contribution in [1.29, 1.82) is 0 Å². The van der Waals surface area contributed by atoms with Crippen molar-refractivity contribution in [2.24, 2.45) is 0 Å². The van der Waals surface area contributed by atoms with E-state index in [9.17, 15) is 4.79 Å². The van der Waals surface area contributed by atoms with Crippen LogP contribution in [0.5, 0.6) is 0 Å². The topological polar surface area (TPSA) is 52.3 Å². The Hall–Kier alpha value is -1.77. The van der Waals surface area contributed by atoms with Crippen LogP contribution in [0.25, 0.3) is 6.08 Å². The number of carbonyl (C=O) groups is 1. The summed E-state index contributed by atoms with van der Waals surface area (Å²) in [4.78, 5) is 11.1. The number of aryl methyl sites for hydroxylation is 1. The first-order valence-corrected chi connectivity index (χ1v) is 5.31. The number of esters is 1. The fraction of sp³-hybridized carbons (Fsp3) is 0.308. The summed E-state index contributed by atoms with van der Waals surface area (Å²) in [5.41, 5.74) is 8.55. The fourth-order valence-corrected chi connectivity index (χ4v) is 1.45. The molecule has 0 radical (unpaired) electrons.